The van der Waals surface area contributed by atoms with E-state index in [-0.39, 0.29) is 11.3 Å². The summed E-state index contributed by atoms with van der Waals surface area (Å²) in [4.78, 5) is 8.84. The number of benzene rings is 1. The van der Waals surface area contributed by atoms with Gasteiger partial charge in [-0.1, -0.05) is 13.0 Å². The summed E-state index contributed by atoms with van der Waals surface area (Å²) in [6.45, 7) is 8.28. The predicted octanol–water partition coefficient (Wildman–Crippen LogP) is 3.83. The van der Waals surface area contributed by atoms with Gasteiger partial charge in [0.25, 0.3) is 0 Å². The first kappa shape index (κ1) is 15.1. The monoisotopic (exact) mass is 286 g/mol. The SMILES string of the molecule is CCC(C)(C)Nc1ncc(C)c(Nc2cccc(O)c2)n1. The fourth-order valence-corrected chi connectivity index (χ4v) is 1.74. The van der Waals surface area contributed by atoms with Crippen molar-refractivity contribution in [2.24, 2.45) is 0 Å². The molecule has 0 radical (unpaired) electrons. The van der Waals surface area contributed by atoms with Gasteiger partial charge in [-0.2, -0.15) is 4.98 Å². The number of phenolic OH excluding ortho intramolecular Hbond substituents is 1. The van der Waals surface area contributed by atoms with Crippen LogP contribution in [0.5, 0.6) is 5.75 Å². The normalized spacial score (nSPS) is 11.2. The Morgan fingerprint density at radius 3 is 2.71 bits per heavy atom. The van der Waals surface area contributed by atoms with Crippen LogP contribution >= 0.6 is 0 Å². The van der Waals surface area contributed by atoms with Crippen molar-refractivity contribution in [1.29, 1.82) is 0 Å². The van der Waals surface area contributed by atoms with Gasteiger partial charge >= 0.3 is 0 Å². The van der Waals surface area contributed by atoms with Crippen molar-refractivity contribution in [2.75, 3.05) is 10.6 Å². The van der Waals surface area contributed by atoms with E-state index in [1.54, 1.807) is 24.4 Å². The Morgan fingerprint density at radius 1 is 1.29 bits per heavy atom. The Kier molecular flexibility index (Phi) is 4.31. The highest BCUT2D eigenvalue weighted by Gasteiger charge is 2.16. The molecule has 1 heterocycles. The Bertz CT molecular complexity index is 625. The Morgan fingerprint density at radius 2 is 2.05 bits per heavy atom. The molecule has 5 heteroatoms. The molecule has 5 nitrogen and oxygen atoms in total. The number of rotatable bonds is 5. The number of aryl methyl sites for hydroxylation is 1. The van der Waals surface area contributed by atoms with Crippen LogP contribution in [0.25, 0.3) is 0 Å². The zero-order valence-corrected chi connectivity index (χ0v) is 12.9. The molecule has 0 atom stereocenters. The molecule has 1 aromatic carbocycles. The molecule has 0 unspecified atom stereocenters. The second-order valence-corrected chi connectivity index (χ2v) is 5.76. The summed E-state index contributed by atoms with van der Waals surface area (Å²) < 4.78 is 0. The van der Waals surface area contributed by atoms with Gasteiger partial charge in [0.2, 0.25) is 5.95 Å². The quantitative estimate of drug-likeness (QED) is 0.779. The number of phenols is 1. The molecule has 0 aliphatic heterocycles. The van der Waals surface area contributed by atoms with Crippen LogP contribution in [0.2, 0.25) is 0 Å². The summed E-state index contributed by atoms with van der Waals surface area (Å²) in [6, 6.07) is 6.96. The van der Waals surface area contributed by atoms with Gasteiger partial charge in [-0.15, -0.1) is 0 Å². The third-order valence-electron chi connectivity index (χ3n) is 3.41. The van der Waals surface area contributed by atoms with E-state index in [1.807, 2.05) is 13.0 Å². The fourth-order valence-electron chi connectivity index (χ4n) is 1.74. The average Bonchev–Trinajstić information content (AvgIpc) is 2.42. The molecule has 0 fully saturated rings. The highest BCUT2D eigenvalue weighted by atomic mass is 16.3. The van der Waals surface area contributed by atoms with Crippen LogP contribution in [0, 0.1) is 6.92 Å². The molecule has 3 N–H and O–H groups in total. The maximum absolute atomic E-state index is 9.51. The van der Waals surface area contributed by atoms with E-state index in [0.717, 1.165) is 23.5 Å². The van der Waals surface area contributed by atoms with Gasteiger partial charge in [0.15, 0.2) is 0 Å². The van der Waals surface area contributed by atoms with Gasteiger partial charge < -0.3 is 15.7 Å². The van der Waals surface area contributed by atoms with E-state index >= 15 is 0 Å². The van der Waals surface area contributed by atoms with Crippen molar-refractivity contribution < 1.29 is 5.11 Å². The summed E-state index contributed by atoms with van der Waals surface area (Å²) in [5.41, 5.74) is 1.67. The summed E-state index contributed by atoms with van der Waals surface area (Å²) in [6.07, 6.45) is 2.76. The van der Waals surface area contributed by atoms with Gasteiger partial charge in [0.05, 0.1) is 0 Å². The van der Waals surface area contributed by atoms with Crippen molar-refractivity contribution in [3.8, 4) is 5.75 Å². The summed E-state index contributed by atoms with van der Waals surface area (Å²) in [5, 5.41) is 16.0. The Labute approximate surface area is 125 Å². The first-order chi connectivity index (χ1) is 9.89. The molecule has 21 heavy (non-hydrogen) atoms. The maximum Gasteiger partial charge on any atom is 0.225 e. The molecular formula is C16H22N4O. The molecule has 0 saturated heterocycles. The maximum atomic E-state index is 9.51. The highest BCUT2D eigenvalue weighted by Crippen LogP contribution is 2.23. The minimum Gasteiger partial charge on any atom is -0.508 e. The average molecular weight is 286 g/mol. The zero-order valence-electron chi connectivity index (χ0n) is 12.9. The van der Waals surface area contributed by atoms with Gasteiger partial charge in [-0.05, 0) is 39.3 Å². The Hall–Kier alpha value is -2.30. The first-order valence-electron chi connectivity index (χ1n) is 7.07. The number of aromatic nitrogens is 2. The third kappa shape index (κ3) is 4.08. The molecule has 0 bridgehead atoms. The first-order valence-corrected chi connectivity index (χ1v) is 7.07. The highest BCUT2D eigenvalue weighted by molar-refractivity contribution is 5.61. The molecule has 0 spiro atoms. The van der Waals surface area contributed by atoms with Crippen molar-refractivity contribution in [3.05, 3.63) is 36.0 Å². The van der Waals surface area contributed by atoms with Gasteiger partial charge in [0.1, 0.15) is 11.6 Å². The lowest BCUT2D eigenvalue weighted by molar-refractivity contribution is 0.475. The van der Waals surface area contributed by atoms with Crippen LogP contribution in [-0.4, -0.2) is 20.6 Å². The molecule has 2 aromatic rings. The van der Waals surface area contributed by atoms with E-state index in [1.165, 1.54) is 0 Å². The topological polar surface area (TPSA) is 70.1 Å². The molecule has 2 rings (SSSR count). The molecular weight excluding hydrogens is 264 g/mol. The van der Waals surface area contributed by atoms with E-state index in [9.17, 15) is 5.11 Å². The molecule has 0 amide bonds. The van der Waals surface area contributed by atoms with Crippen LogP contribution in [0.1, 0.15) is 32.8 Å². The number of nitrogens with zero attached hydrogens (tertiary/aromatic N) is 2. The molecule has 0 saturated carbocycles. The van der Waals surface area contributed by atoms with E-state index in [4.69, 9.17) is 0 Å². The van der Waals surface area contributed by atoms with E-state index in [0.29, 0.717) is 5.95 Å². The number of hydrogen-bond donors (Lipinski definition) is 3. The largest absolute Gasteiger partial charge is 0.508 e. The second kappa shape index (κ2) is 5.99. The molecule has 0 aliphatic carbocycles. The van der Waals surface area contributed by atoms with E-state index in [2.05, 4.69) is 41.4 Å². The minimum atomic E-state index is -0.0580. The van der Waals surface area contributed by atoms with Crippen LogP contribution in [0.3, 0.4) is 0 Å². The lowest BCUT2D eigenvalue weighted by Gasteiger charge is -2.24. The number of hydrogen-bond acceptors (Lipinski definition) is 5. The van der Waals surface area contributed by atoms with Gasteiger partial charge in [-0.25, -0.2) is 4.98 Å². The molecule has 1 aromatic heterocycles. The standard InChI is InChI=1S/C16H22N4O/c1-5-16(3,4)20-15-17-10-11(2)14(19-15)18-12-7-6-8-13(21)9-12/h6-10,21H,5H2,1-4H3,(H2,17,18,19,20). The fraction of sp³-hybridized carbons (Fsp3) is 0.375. The van der Waals surface area contributed by atoms with Crippen LogP contribution in [0.15, 0.2) is 30.5 Å². The second-order valence-electron chi connectivity index (χ2n) is 5.76. The third-order valence-corrected chi connectivity index (χ3v) is 3.41. The number of anilines is 3. The summed E-state index contributed by atoms with van der Waals surface area (Å²) in [5.74, 6) is 1.54. The minimum absolute atomic E-state index is 0.0580. The number of aromatic hydroxyl groups is 1. The summed E-state index contributed by atoms with van der Waals surface area (Å²) >= 11 is 0. The van der Waals surface area contributed by atoms with Crippen molar-refractivity contribution in [3.63, 3.8) is 0 Å². The Balaban J connectivity index is 2.23. The lowest BCUT2D eigenvalue weighted by atomic mass is 10.0. The smallest absolute Gasteiger partial charge is 0.225 e. The van der Waals surface area contributed by atoms with Crippen molar-refractivity contribution >= 4 is 17.5 Å². The summed E-state index contributed by atoms with van der Waals surface area (Å²) in [7, 11) is 0. The van der Waals surface area contributed by atoms with Gasteiger partial charge in [0, 0.05) is 29.1 Å². The molecule has 0 aliphatic rings. The van der Waals surface area contributed by atoms with Crippen molar-refractivity contribution in [2.45, 2.75) is 39.7 Å². The van der Waals surface area contributed by atoms with Gasteiger partial charge in [-0.3, -0.25) is 0 Å². The van der Waals surface area contributed by atoms with Crippen LogP contribution in [0.4, 0.5) is 17.5 Å². The zero-order chi connectivity index (χ0) is 15.5. The van der Waals surface area contributed by atoms with E-state index < -0.39 is 0 Å². The van der Waals surface area contributed by atoms with Crippen LogP contribution < -0.4 is 10.6 Å². The predicted molar refractivity (Wildman–Crippen MR) is 86.2 cm³/mol. The van der Waals surface area contributed by atoms with Crippen molar-refractivity contribution in [1.82, 2.24) is 9.97 Å². The number of nitrogens with one attached hydrogen (secondary N) is 2. The molecule has 112 valence electrons. The lowest BCUT2D eigenvalue weighted by Crippen LogP contribution is -2.30. The van der Waals surface area contributed by atoms with Crippen LogP contribution in [-0.2, 0) is 0 Å².